The maximum Gasteiger partial charge on any atom is 0.136 e. The molecule has 70 heavy (non-hydrogen) atoms. The Bertz CT molecular complexity index is 4020. The average Bonchev–Trinajstić information content (AvgIpc) is 3.82. The highest BCUT2D eigenvalue weighted by Gasteiger charge is 2.21. The molecule has 0 N–H and O–H groups in total. The van der Waals surface area contributed by atoms with E-state index in [1.165, 1.54) is 49.4 Å². The van der Waals surface area contributed by atoms with Crippen molar-refractivity contribution in [2.24, 2.45) is 0 Å². The van der Waals surface area contributed by atoms with Crippen molar-refractivity contribution in [2.45, 2.75) is 0 Å². The lowest BCUT2D eigenvalue weighted by atomic mass is 9.91. The summed E-state index contributed by atoms with van der Waals surface area (Å²) in [5, 5.41) is 7.22. The highest BCUT2D eigenvalue weighted by atomic mass is 16.3. The fourth-order valence-electron chi connectivity index (χ4n) is 10.4. The summed E-state index contributed by atoms with van der Waals surface area (Å²) in [5.74, 6) is 0. The largest absolute Gasteiger partial charge is 0.456 e. The molecule has 12 aromatic carbocycles. The molecule has 0 unspecified atom stereocenters. The van der Waals surface area contributed by atoms with E-state index in [1.54, 1.807) is 0 Å². The molecule has 0 spiro atoms. The minimum absolute atomic E-state index is 0.889. The van der Waals surface area contributed by atoms with Gasteiger partial charge in [-0.2, -0.15) is 0 Å². The molecule has 2 heteroatoms. The van der Waals surface area contributed by atoms with Gasteiger partial charge in [-0.3, -0.25) is 0 Å². The van der Waals surface area contributed by atoms with Gasteiger partial charge in [0.1, 0.15) is 11.2 Å². The van der Waals surface area contributed by atoms with Crippen LogP contribution in [-0.2, 0) is 0 Å². The van der Waals surface area contributed by atoms with Gasteiger partial charge in [0, 0.05) is 27.7 Å². The molecule has 2 nitrogen and oxygen atoms in total. The van der Waals surface area contributed by atoms with Crippen LogP contribution in [-0.4, -0.2) is 0 Å². The average molecular weight is 892 g/mol. The van der Waals surface area contributed by atoms with Crippen molar-refractivity contribution in [2.75, 3.05) is 4.90 Å². The van der Waals surface area contributed by atoms with Crippen LogP contribution >= 0.6 is 0 Å². The summed E-state index contributed by atoms with van der Waals surface area (Å²) in [6.45, 7) is 0. The van der Waals surface area contributed by atoms with Gasteiger partial charge in [-0.25, -0.2) is 0 Å². The number of rotatable bonds is 9. The van der Waals surface area contributed by atoms with Crippen LogP contribution in [0.3, 0.4) is 0 Å². The van der Waals surface area contributed by atoms with Crippen LogP contribution in [0.15, 0.2) is 277 Å². The number of para-hydroxylation sites is 1. The maximum absolute atomic E-state index is 6.33. The molecule has 1 heterocycles. The fourth-order valence-corrected chi connectivity index (χ4v) is 10.4. The normalized spacial score (nSPS) is 11.4. The maximum atomic E-state index is 6.33. The summed E-state index contributed by atoms with van der Waals surface area (Å²) in [4.78, 5) is 2.43. The summed E-state index contributed by atoms with van der Waals surface area (Å²) in [7, 11) is 0. The highest BCUT2D eigenvalue weighted by Crippen LogP contribution is 2.46. The lowest BCUT2D eigenvalue weighted by molar-refractivity contribution is 0.669. The Morgan fingerprint density at radius 2 is 0.700 bits per heavy atom. The van der Waals surface area contributed by atoms with Crippen molar-refractivity contribution < 1.29 is 4.42 Å². The number of benzene rings is 12. The van der Waals surface area contributed by atoms with Crippen molar-refractivity contribution in [3.8, 4) is 66.8 Å². The molecule has 0 atom stereocenters. The van der Waals surface area contributed by atoms with E-state index in [0.29, 0.717) is 0 Å². The summed E-state index contributed by atoms with van der Waals surface area (Å²) >= 11 is 0. The van der Waals surface area contributed by atoms with Crippen molar-refractivity contribution in [1.82, 2.24) is 0 Å². The Balaban J connectivity index is 0.976. The van der Waals surface area contributed by atoms with Gasteiger partial charge < -0.3 is 9.32 Å². The van der Waals surface area contributed by atoms with Crippen molar-refractivity contribution in [3.05, 3.63) is 273 Å². The molecule has 0 aliphatic heterocycles. The van der Waals surface area contributed by atoms with Gasteiger partial charge in [0.25, 0.3) is 0 Å². The van der Waals surface area contributed by atoms with Crippen LogP contribution in [0.5, 0.6) is 0 Å². The number of fused-ring (bicyclic) bond motifs is 6. The van der Waals surface area contributed by atoms with E-state index < -0.39 is 0 Å². The fraction of sp³-hybridized carbons (Fsp3) is 0. The van der Waals surface area contributed by atoms with Crippen LogP contribution in [0.2, 0.25) is 0 Å². The molecule has 328 valence electrons. The Kier molecular flexibility index (Phi) is 10.2. The van der Waals surface area contributed by atoms with Crippen LogP contribution in [0, 0.1) is 0 Å². The number of anilines is 3. The van der Waals surface area contributed by atoms with Gasteiger partial charge in [0.15, 0.2) is 0 Å². The van der Waals surface area contributed by atoms with Gasteiger partial charge in [-0.1, -0.05) is 212 Å². The van der Waals surface area contributed by atoms with E-state index in [0.717, 1.165) is 77.9 Å². The van der Waals surface area contributed by atoms with Crippen LogP contribution in [0.25, 0.3) is 110 Å². The monoisotopic (exact) mass is 891 g/mol. The minimum atomic E-state index is 0.889. The van der Waals surface area contributed by atoms with E-state index in [1.807, 2.05) is 12.1 Å². The van der Waals surface area contributed by atoms with E-state index in [-0.39, 0.29) is 0 Å². The third-order valence-electron chi connectivity index (χ3n) is 13.9. The lowest BCUT2D eigenvalue weighted by Gasteiger charge is -2.29. The van der Waals surface area contributed by atoms with Gasteiger partial charge in [-0.05, 0) is 143 Å². The standard InChI is InChI=1S/C68H45NO/c1-4-16-48(17-5-1)58-39-32-51(42-64(58)50-20-8-3-9-21-50)46-28-35-55(36-29-46)69(56-37-30-47(31-38-56)52-33-41-63-62-26-14-15-27-67(62)70-68(63)45-52)66-44-54(34-40-59(66)49-18-6-2-7-19-49)65-43-53-22-10-11-23-57(53)60-24-12-13-25-61(60)65/h1-45H. The summed E-state index contributed by atoms with van der Waals surface area (Å²) < 4.78 is 6.33. The second-order valence-corrected chi connectivity index (χ2v) is 18.0. The molecular weight excluding hydrogens is 847 g/mol. The Morgan fingerprint density at radius 3 is 1.37 bits per heavy atom. The molecule has 0 saturated heterocycles. The summed E-state index contributed by atoms with van der Waals surface area (Å²) in [6.07, 6.45) is 0. The highest BCUT2D eigenvalue weighted by molar-refractivity contribution is 6.14. The number of furan rings is 1. The first-order chi connectivity index (χ1) is 34.7. The molecule has 0 bridgehead atoms. The van der Waals surface area contributed by atoms with Crippen molar-refractivity contribution in [3.63, 3.8) is 0 Å². The summed E-state index contributed by atoms with van der Waals surface area (Å²) in [5.41, 5.74) is 19.0. The zero-order valence-corrected chi connectivity index (χ0v) is 38.3. The minimum Gasteiger partial charge on any atom is -0.456 e. The zero-order valence-electron chi connectivity index (χ0n) is 38.3. The first kappa shape index (κ1) is 41.0. The van der Waals surface area contributed by atoms with E-state index in [4.69, 9.17) is 4.42 Å². The number of hydrogen-bond acceptors (Lipinski definition) is 2. The molecule has 0 saturated carbocycles. The summed E-state index contributed by atoms with van der Waals surface area (Å²) in [6, 6.07) is 98.8. The lowest BCUT2D eigenvalue weighted by Crippen LogP contribution is -2.11. The van der Waals surface area contributed by atoms with E-state index in [2.05, 4.69) is 266 Å². The second kappa shape index (κ2) is 17.4. The third kappa shape index (κ3) is 7.40. The van der Waals surface area contributed by atoms with Gasteiger partial charge in [0.05, 0.1) is 5.69 Å². The second-order valence-electron chi connectivity index (χ2n) is 18.0. The third-order valence-corrected chi connectivity index (χ3v) is 13.9. The van der Waals surface area contributed by atoms with Gasteiger partial charge in [-0.15, -0.1) is 0 Å². The van der Waals surface area contributed by atoms with E-state index >= 15 is 0 Å². The molecule has 0 radical (unpaired) electrons. The number of nitrogens with zero attached hydrogens (tertiary/aromatic N) is 1. The van der Waals surface area contributed by atoms with Crippen molar-refractivity contribution in [1.29, 1.82) is 0 Å². The molecular formula is C68H45NO. The Hall–Kier alpha value is -9.24. The topological polar surface area (TPSA) is 16.4 Å². The molecule has 0 aliphatic carbocycles. The Labute approximate surface area is 407 Å². The molecule has 0 fully saturated rings. The first-order valence-electron chi connectivity index (χ1n) is 24.0. The molecule has 13 aromatic rings. The predicted molar refractivity (Wildman–Crippen MR) is 296 cm³/mol. The molecule has 0 aliphatic rings. The molecule has 1 aromatic heterocycles. The van der Waals surface area contributed by atoms with Crippen LogP contribution < -0.4 is 4.90 Å². The SMILES string of the molecule is c1ccc(-c2ccc(-c3ccc(N(c4ccc(-c5ccc6c(c5)oc5ccccc56)cc4)c4cc(-c5cc6ccccc6c6ccccc56)ccc4-c4ccccc4)cc3)cc2-c2ccccc2)cc1. The Morgan fingerprint density at radius 1 is 0.229 bits per heavy atom. The van der Waals surface area contributed by atoms with E-state index in [9.17, 15) is 0 Å². The zero-order chi connectivity index (χ0) is 46.4. The smallest absolute Gasteiger partial charge is 0.136 e. The quantitative estimate of drug-likeness (QED) is 0.134. The van der Waals surface area contributed by atoms with Gasteiger partial charge in [0.2, 0.25) is 0 Å². The number of hydrogen-bond donors (Lipinski definition) is 0. The van der Waals surface area contributed by atoms with Gasteiger partial charge >= 0.3 is 0 Å². The van der Waals surface area contributed by atoms with Crippen LogP contribution in [0.4, 0.5) is 17.1 Å². The molecule has 13 rings (SSSR count). The van der Waals surface area contributed by atoms with Crippen LogP contribution in [0.1, 0.15) is 0 Å². The first-order valence-corrected chi connectivity index (χ1v) is 24.0. The predicted octanol–water partition coefficient (Wildman–Crippen LogP) is 19.4. The van der Waals surface area contributed by atoms with Crippen molar-refractivity contribution >= 4 is 60.5 Å². The molecule has 0 amide bonds.